The summed E-state index contributed by atoms with van der Waals surface area (Å²) in [6.45, 7) is 1.22. The summed E-state index contributed by atoms with van der Waals surface area (Å²) in [6, 6.07) is 9.13. The van der Waals surface area contributed by atoms with Crippen LogP contribution in [0.15, 0.2) is 30.3 Å². The molecule has 0 aliphatic rings. The predicted molar refractivity (Wildman–Crippen MR) is 98.5 cm³/mol. The van der Waals surface area contributed by atoms with Crippen molar-refractivity contribution in [1.29, 1.82) is 0 Å². The van der Waals surface area contributed by atoms with Crippen LogP contribution in [-0.2, 0) is 13.1 Å². The van der Waals surface area contributed by atoms with E-state index in [1.165, 1.54) is 7.11 Å². The van der Waals surface area contributed by atoms with Gasteiger partial charge >= 0.3 is 0 Å². The highest BCUT2D eigenvalue weighted by molar-refractivity contribution is 5.85. The third-order valence-corrected chi connectivity index (χ3v) is 3.63. The van der Waals surface area contributed by atoms with Gasteiger partial charge in [0.25, 0.3) is 0 Å². The number of hydrogen-bond donors (Lipinski definition) is 2. The second kappa shape index (κ2) is 9.86. The van der Waals surface area contributed by atoms with Gasteiger partial charge < -0.3 is 29.4 Å². The molecule has 0 bridgehead atoms. The Balaban J connectivity index is 0.00000312. The highest BCUT2D eigenvalue weighted by atomic mass is 35.5. The molecule has 0 aliphatic carbocycles. The van der Waals surface area contributed by atoms with Gasteiger partial charge in [-0.25, -0.2) is 0 Å². The number of phenolic OH excluding ortho intramolecular Hbond substituents is 1. The SMILES string of the molecule is COc1ccc(CNCc2cc(OC)c(OC)c(OC)c2)cc1O.Cl. The largest absolute Gasteiger partial charge is 0.504 e. The Morgan fingerprint density at radius 2 is 1.32 bits per heavy atom. The summed E-state index contributed by atoms with van der Waals surface area (Å²) in [5.74, 6) is 2.41. The number of benzene rings is 2. The molecule has 25 heavy (non-hydrogen) atoms. The molecular weight excluding hydrogens is 346 g/mol. The van der Waals surface area contributed by atoms with E-state index in [1.807, 2.05) is 18.2 Å². The average molecular weight is 370 g/mol. The predicted octanol–water partition coefficient (Wildman–Crippen LogP) is 3.14. The number of rotatable bonds is 8. The van der Waals surface area contributed by atoms with Crippen molar-refractivity contribution >= 4 is 12.4 Å². The Bertz CT molecular complexity index is 668. The topological polar surface area (TPSA) is 69.2 Å². The Morgan fingerprint density at radius 1 is 0.760 bits per heavy atom. The van der Waals surface area contributed by atoms with Crippen LogP contribution in [0.25, 0.3) is 0 Å². The minimum absolute atomic E-state index is 0. The quantitative estimate of drug-likeness (QED) is 0.745. The Labute approximate surface area is 154 Å². The normalized spacial score (nSPS) is 9.92. The molecule has 0 radical (unpaired) electrons. The van der Waals surface area contributed by atoms with Gasteiger partial charge in [0.15, 0.2) is 23.0 Å². The molecule has 0 saturated carbocycles. The van der Waals surface area contributed by atoms with Gasteiger partial charge in [-0.15, -0.1) is 12.4 Å². The fourth-order valence-electron chi connectivity index (χ4n) is 2.43. The van der Waals surface area contributed by atoms with E-state index in [2.05, 4.69) is 5.32 Å². The summed E-state index contributed by atoms with van der Waals surface area (Å²) >= 11 is 0. The molecule has 0 aliphatic heterocycles. The van der Waals surface area contributed by atoms with Crippen molar-refractivity contribution in [2.45, 2.75) is 13.1 Å². The lowest BCUT2D eigenvalue weighted by Crippen LogP contribution is -2.13. The van der Waals surface area contributed by atoms with Gasteiger partial charge in [0.05, 0.1) is 28.4 Å². The van der Waals surface area contributed by atoms with Crippen molar-refractivity contribution in [3.05, 3.63) is 41.5 Å². The van der Waals surface area contributed by atoms with E-state index >= 15 is 0 Å². The van der Waals surface area contributed by atoms with Crippen molar-refractivity contribution in [1.82, 2.24) is 5.32 Å². The van der Waals surface area contributed by atoms with Gasteiger partial charge in [0.2, 0.25) is 5.75 Å². The molecule has 7 heteroatoms. The van der Waals surface area contributed by atoms with Gasteiger partial charge in [-0.3, -0.25) is 0 Å². The molecule has 2 aromatic rings. The van der Waals surface area contributed by atoms with Crippen molar-refractivity contribution < 1.29 is 24.1 Å². The molecule has 0 spiro atoms. The summed E-state index contributed by atoms with van der Waals surface area (Å²) in [6.07, 6.45) is 0. The summed E-state index contributed by atoms with van der Waals surface area (Å²) in [5, 5.41) is 13.1. The molecule has 0 saturated heterocycles. The first-order chi connectivity index (χ1) is 11.6. The molecule has 0 heterocycles. The molecular formula is C18H24ClNO5. The first-order valence-corrected chi connectivity index (χ1v) is 7.48. The maximum Gasteiger partial charge on any atom is 0.203 e. The monoisotopic (exact) mass is 369 g/mol. The number of phenols is 1. The maximum absolute atomic E-state index is 9.80. The van der Waals surface area contributed by atoms with Crippen LogP contribution in [0.5, 0.6) is 28.7 Å². The number of aromatic hydroxyl groups is 1. The fraction of sp³-hybridized carbons (Fsp3) is 0.333. The molecule has 0 amide bonds. The summed E-state index contributed by atoms with van der Waals surface area (Å²) < 4.78 is 21.0. The Kier molecular flexibility index (Phi) is 8.18. The van der Waals surface area contributed by atoms with E-state index in [9.17, 15) is 5.11 Å². The fourth-order valence-corrected chi connectivity index (χ4v) is 2.43. The molecule has 138 valence electrons. The lowest BCUT2D eigenvalue weighted by atomic mass is 10.1. The summed E-state index contributed by atoms with van der Waals surface area (Å²) in [7, 11) is 6.29. The van der Waals surface area contributed by atoms with Gasteiger partial charge in [-0.2, -0.15) is 0 Å². The van der Waals surface area contributed by atoms with Crippen LogP contribution in [0.2, 0.25) is 0 Å². The van der Waals surface area contributed by atoms with Gasteiger partial charge in [0, 0.05) is 13.1 Å². The molecule has 2 aromatic carbocycles. The van der Waals surface area contributed by atoms with Crippen molar-refractivity contribution in [2.24, 2.45) is 0 Å². The molecule has 2 N–H and O–H groups in total. The molecule has 0 fully saturated rings. The highest BCUT2D eigenvalue weighted by Crippen LogP contribution is 2.38. The first kappa shape index (κ1) is 20.7. The zero-order valence-corrected chi connectivity index (χ0v) is 15.6. The van der Waals surface area contributed by atoms with Crippen LogP contribution in [0.1, 0.15) is 11.1 Å². The van der Waals surface area contributed by atoms with Crippen LogP contribution in [-0.4, -0.2) is 33.5 Å². The minimum atomic E-state index is 0. The van der Waals surface area contributed by atoms with Crippen molar-refractivity contribution in [3.8, 4) is 28.7 Å². The van der Waals surface area contributed by atoms with Crippen molar-refractivity contribution in [2.75, 3.05) is 28.4 Å². The van der Waals surface area contributed by atoms with Crippen LogP contribution >= 0.6 is 12.4 Å². The first-order valence-electron chi connectivity index (χ1n) is 7.48. The number of ether oxygens (including phenoxy) is 4. The molecule has 0 unspecified atom stereocenters. The third-order valence-electron chi connectivity index (χ3n) is 3.63. The van der Waals surface area contributed by atoms with Gasteiger partial charge in [0.1, 0.15) is 0 Å². The average Bonchev–Trinajstić information content (AvgIpc) is 2.60. The van der Waals surface area contributed by atoms with E-state index in [0.717, 1.165) is 11.1 Å². The minimum Gasteiger partial charge on any atom is -0.504 e. The van der Waals surface area contributed by atoms with E-state index in [1.54, 1.807) is 33.5 Å². The van der Waals surface area contributed by atoms with E-state index < -0.39 is 0 Å². The second-order valence-corrected chi connectivity index (χ2v) is 5.14. The van der Waals surface area contributed by atoms with Crippen LogP contribution in [0.3, 0.4) is 0 Å². The Hall–Kier alpha value is -2.31. The molecule has 0 aromatic heterocycles. The lowest BCUT2D eigenvalue weighted by Gasteiger charge is -2.14. The zero-order chi connectivity index (χ0) is 17.5. The lowest BCUT2D eigenvalue weighted by molar-refractivity contribution is 0.323. The third kappa shape index (κ3) is 5.08. The summed E-state index contributed by atoms with van der Waals surface area (Å²) in [5.41, 5.74) is 1.96. The van der Waals surface area contributed by atoms with E-state index in [4.69, 9.17) is 18.9 Å². The number of methoxy groups -OCH3 is 4. The van der Waals surface area contributed by atoms with E-state index in [0.29, 0.717) is 36.1 Å². The van der Waals surface area contributed by atoms with Crippen LogP contribution in [0.4, 0.5) is 0 Å². The molecule has 6 nitrogen and oxygen atoms in total. The van der Waals surface area contributed by atoms with Gasteiger partial charge in [-0.1, -0.05) is 6.07 Å². The van der Waals surface area contributed by atoms with Crippen molar-refractivity contribution in [3.63, 3.8) is 0 Å². The van der Waals surface area contributed by atoms with Gasteiger partial charge in [-0.05, 0) is 35.4 Å². The standard InChI is InChI=1S/C18H23NO5.ClH/c1-21-15-6-5-12(7-14(15)20)10-19-11-13-8-16(22-2)18(24-4)17(9-13)23-3;/h5-9,19-20H,10-11H2,1-4H3;1H. The molecule has 2 rings (SSSR count). The number of hydrogen-bond acceptors (Lipinski definition) is 6. The zero-order valence-electron chi connectivity index (χ0n) is 14.8. The van der Waals surface area contributed by atoms with Crippen LogP contribution in [0, 0.1) is 0 Å². The Morgan fingerprint density at radius 3 is 1.80 bits per heavy atom. The smallest absolute Gasteiger partial charge is 0.203 e. The van der Waals surface area contributed by atoms with E-state index in [-0.39, 0.29) is 18.2 Å². The number of halogens is 1. The maximum atomic E-state index is 9.80. The summed E-state index contributed by atoms with van der Waals surface area (Å²) in [4.78, 5) is 0. The number of nitrogens with one attached hydrogen (secondary N) is 1. The van der Waals surface area contributed by atoms with Crippen LogP contribution < -0.4 is 24.3 Å². The second-order valence-electron chi connectivity index (χ2n) is 5.14. The highest BCUT2D eigenvalue weighted by Gasteiger charge is 2.13. The molecule has 0 atom stereocenters.